The maximum Gasteiger partial charge on any atom is 0.310 e. The lowest BCUT2D eigenvalue weighted by atomic mass is 9.82. The first-order chi connectivity index (χ1) is 9.56. The third-order valence-electron chi connectivity index (χ3n) is 4.26. The Morgan fingerprint density at radius 1 is 1.15 bits per heavy atom. The number of nitrogens with zero attached hydrogens (tertiary/aromatic N) is 2. The molecule has 2 saturated heterocycles. The van der Waals surface area contributed by atoms with E-state index >= 15 is 0 Å². The largest absolute Gasteiger partial charge is 0.481 e. The predicted octanol–water partition coefficient (Wildman–Crippen LogP) is -1.08. The fraction of sp³-hybridized carbons (Fsp3) is 0.692. The summed E-state index contributed by atoms with van der Waals surface area (Å²) in [7, 11) is 2.04. The van der Waals surface area contributed by atoms with Crippen LogP contribution in [-0.2, 0) is 14.3 Å². The summed E-state index contributed by atoms with van der Waals surface area (Å²) in [5.74, 6) is -2.64. The van der Waals surface area contributed by atoms with Crippen LogP contribution in [0.1, 0.15) is 0 Å². The Bertz CT molecular complexity index is 445. The van der Waals surface area contributed by atoms with Crippen LogP contribution in [-0.4, -0.2) is 72.3 Å². The Morgan fingerprint density at radius 2 is 1.75 bits per heavy atom. The molecular weight excluding hydrogens is 262 g/mol. The number of nitrogens with one attached hydrogen (secondary N) is 1. The third-order valence-corrected chi connectivity index (χ3v) is 4.26. The standard InChI is InChI=1S/C13H19N3O4/c1-15-4-6-16(7-5-15)14-12(17)10-8-2-3-9(20-8)11(10)13(18)19/h2-3,8-11H,4-7H2,1H3,(H,14,17)(H,18,19)/t8-,9-,10+,11+/m1/s1. The highest BCUT2D eigenvalue weighted by Gasteiger charge is 2.53. The van der Waals surface area contributed by atoms with Crippen LogP contribution in [0.25, 0.3) is 0 Å². The summed E-state index contributed by atoms with van der Waals surface area (Å²) < 4.78 is 5.51. The highest BCUT2D eigenvalue weighted by molar-refractivity contribution is 5.87. The number of amides is 1. The summed E-state index contributed by atoms with van der Waals surface area (Å²) >= 11 is 0. The van der Waals surface area contributed by atoms with Crippen molar-refractivity contribution in [2.75, 3.05) is 33.2 Å². The minimum Gasteiger partial charge on any atom is -0.481 e. The van der Waals surface area contributed by atoms with Crippen molar-refractivity contribution in [1.82, 2.24) is 15.3 Å². The van der Waals surface area contributed by atoms with Crippen molar-refractivity contribution in [2.45, 2.75) is 12.2 Å². The van der Waals surface area contributed by atoms with Gasteiger partial charge in [-0.05, 0) is 7.05 Å². The van der Waals surface area contributed by atoms with E-state index < -0.39 is 30.0 Å². The molecule has 0 saturated carbocycles. The summed E-state index contributed by atoms with van der Waals surface area (Å²) in [5.41, 5.74) is 2.84. The number of ether oxygens (including phenoxy) is 1. The van der Waals surface area contributed by atoms with E-state index in [2.05, 4.69) is 10.3 Å². The summed E-state index contributed by atoms with van der Waals surface area (Å²) in [6.45, 7) is 3.26. The molecule has 0 aromatic rings. The molecule has 20 heavy (non-hydrogen) atoms. The number of piperazine rings is 1. The average molecular weight is 281 g/mol. The van der Waals surface area contributed by atoms with E-state index in [1.54, 1.807) is 12.2 Å². The first kappa shape index (κ1) is 13.5. The van der Waals surface area contributed by atoms with Crippen LogP contribution in [0.2, 0.25) is 0 Å². The number of fused-ring (bicyclic) bond motifs is 2. The van der Waals surface area contributed by atoms with Crippen LogP contribution >= 0.6 is 0 Å². The van der Waals surface area contributed by atoms with Crippen molar-refractivity contribution in [1.29, 1.82) is 0 Å². The number of likely N-dealkylation sites (N-methyl/N-ethyl adjacent to an activating group) is 1. The summed E-state index contributed by atoms with van der Waals surface area (Å²) in [5, 5.41) is 11.1. The molecule has 2 bridgehead atoms. The van der Waals surface area contributed by atoms with Crippen molar-refractivity contribution in [3.63, 3.8) is 0 Å². The second-order valence-corrected chi connectivity index (χ2v) is 5.61. The lowest BCUT2D eigenvalue weighted by Crippen LogP contribution is -2.55. The van der Waals surface area contributed by atoms with Crippen LogP contribution in [0.3, 0.4) is 0 Å². The molecule has 0 aliphatic carbocycles. The SMILES string of the molecule is CN1CCN(NC(=O)[C@@H]2[C@@H](C(=O)O)[C@H]3C=C[C@H]2O3)CC1. The number of hydrogen-bond donors (Lipinski definition) is 2. The van der Waals surface area contributed by atoms with Crippen LogP contribution in [0, 0.1) is 11.8 Å². The van der Waals surface area contributed by atoms with Gasteiger partial charge in [0.1, 0.15) is 5.92 Å². The van der Waals surface area contributed by atoms with Gasteiger partial charge in [0, 0.05) is 26.2 Å². The number of hydrazine groups is 1. The molecule has 0 aromatic heterocycles. The number of carboxylic acid groups (broad SMARTS) is 1. The van der Waals surface area contributed by atoms with Gasteiger partial charge in [-0.3, -0.25) is 15.0 Å². The maximum absolute atomic E-state index is 12.4. The van der Waals surface area contributed by atoms with E-state index in [1.165, 1.54) is 0 Å². The van der Waals surface area contributed by atoms with Gasteiger partial charge in [0.15, 0.2) is 0 Å². The molecule has 2 fully saturated rings. The zero-order chi connectivity index (χ0) is 14.3. The highest BCUT2D eigenvalue weighted by atomic mass is 16.5. The smallest absolute Gasteiger partial charge is 0.310 e. The molecule has 110 valence electrons. The van der Waals surface area contributed by atoms with Crippen molar-refractivity contribution < 1.29 is 19.4 Å². The highest BCUT2D eigenvalue weighted by Crippen LogP contribution is 2.39. The number of aliphatic carboxylic acids is 1. The van der Waals surface area contributed by atoms with E-state index in [1.807, 2.05) is 12.1 Å². The fourth-order valence-corrected chi connectivity index (χ4v) is 3.06. The van der Waals surface area contributed by atoms with E-state index in [4.69, 9.17) is 4.74 Å². The van der Waals surface area contributed by atoms with Crippen molar-refractivity contribution in [3.05, 3.63) is 12.2 Å². The molecule has 3 rings (SSSR count). The molecule has 0 spiro atoms. The number of carbonyl (C=O) groups is 2. The Labute approximate surface area is 117 Å². The zero-order valence-electron chi connectivity index (χ0n) is 11.4. The monoisotopic (exact) mass is 281 g/mol. The molecule has 1 amide bonds. The number of rotatable bonds is 3. The van der Waals surface area contributed by atoms with Gasteiger partial charge in [0.25, 0.3) is 0 Å². The molecular formula is C13H19N3O4. The van der Waals surface area contributed by atoms with E-state index in [-0.39, 0.29) is 5.91 Å². The molecule has 0 unspecified atom stereocenters. The predicted molar refractivity (Wildman–Crippen MR) is 69.6 cm³/mol. The zero-order valence-corrected chi connectivity index (χ0v) is 11.4. The minimum atomic E-state index is -0.972. The Hall–Kier alpha value is -1.44. The van der Waals surface area contributed by atoms with Crippen LogP contribution in [0.15, 0.2) is 12.2 Å². The van der Waals surface area contributed by atoms with Crippen LogP contribution in [0.5, 0.6) is 0 Å². The van der Waals surface area contributed by atoms with Gasteiger partial charge in [-0.25, -0.2) is 5.01 Å². The number of carbonyl (C=O) groups excluding carboxylic acids is 1. The molecule has 7 nitrogen and oxygen atoms in total. The average Bonchev–Trinajstić information content (AvgIpc) is 3.01. The molecule has 3 aliphatic heterocycles. The van der Waals surface area contributed by atoms with E-state index in [9.17, 15) is 14.7 Å². The molecule has 4 atom stereocenters. The number of carboxylic acids is 1. The summed E-state index contributed by atoms with van der Waals surface area (Å²) in [6, 6.07) is 0. The molecule has 3 heterocycles. The Kier molecular flexibility index (Phi) is 3.49. The first-order valence-corrected chi connectivity index (χ1v) is 6.87. The minimum absolute atomic E-state index is 0.251. The van der Waals surface area contributed by atoms with Gasteiger partial charge in [-0.1, -0.05) is 12.2 Å². The first-order valence-electron chi connectivity index (χ1n) is 6.87. The topological polar surface area (TPSA) is 82.1 Å². The van der Waals surface area contributed by atoms with Gasteiger partial charge in [-0.15, -0.1) is 0 Å². The van der Waals surface area contributed by atoms with Crippen LogP contribution < -0.4 is 5.43 Å². The number of hydrogen-bond acceptors (Lipinski definition) is 5. The maximum atomic E-state index is 12.4. The molecule has 7 heteroatoms. The Morgan fingerprint density at radius 3 is 2.35 bits per heavy atom. The van der Waals surface area contributed by atoms with E-state index in [0.717, 1.165) is 26.2 Å². The quantitative estimate of drug-likeness (QED) is 0.640. The van der Waals surface area contributed by atoms with Crippen molar-refractivity contribution in [3.8, 4) is 0 Å². The van der Waals surface area contributed by atoms with Crippen LogP contribution in [0.4, 0.5) is 0 Å². The molecule has 2 N–H and O–H groups in total. The normalized spacial score (nSPS) is 37.2. The van der Waals surface area contributed by atoms with Gasteiger partial charge in [-0.2, -0.15) is 0 Å². The molecule has 0 radical (unpaired) electrons. The van der Waals surface area contributed by atoms with Gasteiger partial charge in [0.05, 0.1) is 18.1 Å². The van der Waals surface area contributed by atoms with E-state index in [0.29, 0.717) is 0 Å². The summed E-state index contributed by atoms with van der Waals surface area (Å²) in [6.07, 6.45) is 2.65. The van der Waals surface area contributed by atoms with Crippen molar-refractivity contribution in [2.24, 2.45) is 11.8 Å². The molecule has 0 aromatic carbocycles. The third kappa shape index (κ3) is 2.32. The van der Waals surface area contributed by atoms with Gasteiger partial charge in [0.2, 0.25) is 5.91 Å². The Balaban J connectivity index is 1.64. The van der Waals surface area contributed by atoms with Gasteiger partial charge < -0.3 is 14.7 Å². The molecule has 3 aliphatic rings. The van der Waals surface area contributed by atoms with Crippen molar-refractivity contribution >= 4 is 11.9 Å². The fourth-order valence-electron chi connectivity index (χ4n) is 3.06. The second kappa shape index (κ2) is 5.16. The summed E-state index contributed by atoms with van der Waals surface area (Å²) in [4.78, 5) is 25.9. The second-order valence-electron chi connectivity index (χ2n) is 5.61. The lowest BCUT2D eigenvalue weighted by molar-refractivity contribution is -0.148. The lowest BCUT2D eigenvalue weighted by Gasteiger charge is -2.33. The van der Waals surface area contributed by atoms with Gasteiger partial charge >= 0.3 is 5.97 Å².